The number of carbonyl (C=O) groups excluding carboxylic acids is 1. The first-order valence-corrected chi connectivity index (χ1v) is 5.96. The maximum absolute atomic E-state index is 11.6. The van der Waals surface area contributed by atoms with Gasteiger partial charge in [0, 0.05) is 24.5 Å². The molecule has 0 aromatic heterocycles. The third-order valence-electron chi connectivity index (χ3n) is 2.72. The van der Waals surface area contributed by atoms with Crippen molar-refractivity contribution in [2.24, 2.45) is 0 Å². The molecule has 94 valence electrons. The normalized spacial score (nSPS) is 10.1. The molecule has 0 aliphatic carbocycles. The third-order valence-corrected chi connectivity index (χ3v) is 2.72. The van der Waals surface area contributed by atoms with E-state index in [0.29, 0.717) is 13.1 Å². The molecule has 1 aromatic rings. The van der Waals surface area contributed by atoms with Crippen LogP contribution in [0.3, 0.4) is 0 Å². The second kappa shape index (κ2) is 6.13. The molecule has 0 aliphatic heterocycles. The van der Waals surface area contributed by atoms with E-state index >= 15 is 0 Å². The number of rotatable bonds is 5. The van der Waals surface area contributed by atoms with Gasteiger partial charge in [-0.3, -0.25) is 4.79 Å². The first-order valence-electron chi connectivity index (χ1n) is 5.96. The molecule has 0 radical (unpaired) electrons. The molecule has 0 saturated heterocycles. The van der Waals surface area contributed by atoms with Crippen LogP contribution in [0.5, 0.6) is 0 Å². The Hall–Kier alpha value is -1.71. The van der Waals surface area contributed by atoms with Gasteiger partial charge in [-0.15, -0.1) is 0 Å². The minimum Gasteiger partial charge on any atom is -0.398 e. The van der Waals surface area contributed by atoms with Gasteiger partial charge in [-0.1, -0.05) is 6.07 Å². The van der Waals surface area contributed by atoms with E-state index in [2.05, 4.69) is 5.32 Å². The molecule has 17 heavy (non-hydrogen) atoms. The molecule has 1 aromatic carbocycles. The lowest BCUT2D eigenvalue weighted by molar-refractivity contribution is -0.119. The van der Waals surface area contributed by atoms with E-state index in [1.165, 1.54) is 0 Å². The predicted molar refractivity (Wildman–Crippen MR) is 72.2 cm³/mol. The second-order valence-corrected chi connectivity index (χ2v) is 4.01. The number of benzene rings is 1. The van der Waals surface area contributed by atoms with Gasteiger partial charge in [0.05, 0.1) is 6.54 Å². The van der Waals surface area contributed by atoms with Gasteiger partial charge < -0.3 is 16.0 Å². The lowest BCUT2D eigenvalue weighted by Gasteiger charge is -2.23. The van der Waals surface area contributed by atoms with Crippen LogP contribution in [-0.2, 0) is 4.79 Å². The topological polar surface area (TPSA) is 58.4 Å². The Bertz CT molecular complexity index is 390. The fourth-order valence-electron chi connectivity index (χ4n) is 1.64. The Morgan fingerprint density at radius 1 is 1.41 bits per heavy atom. The summed E-state index contributed by atoms with van der Waals surface area (Å²) in [5.41, 5.74) is 8.68. The summed E-state index contributed by atoms with van der Waals surface area (Å²) in [6.45, 7) is 7.71. The quantitative estimate of drug-likeness (QED) is 0.761. The first kappa shape index (κ1) is 13.4. The van der Waals surface area contributed by atoms with Crippen LogP contribution in [0.1, 0.15) is 19.4 Å². The number of amides is 1. The minimum absolute atomic E-state index is 0.0356. The zero-order chi connectivity index (χ0) is 12.8. The lowest BCUT2D eigenvalue weighted by Crippen LogP contribution is -2.37. The maximum Gasteiger partial charge on any atom is 0.239 e. The summed E-state index contributed by atoms with van der Waals surface area (Å²) < 4.78 is 0. The molecule has 3 N–H and O–H groups in total. The predicted octanol–water partition coefficient (Wildman–Crippen LogP) is 1.54. The van der Waals surface area contributed by atoms with Crippen LogP contribution in [0.4, 0.5) is 11.4 Å². The van der Waals surface area contributed by atoms with E-state index < -0.39 is 0 Å². The summed E-state index contributed by atoms with van der Waals surface area (Å²) in [5, 5.41) is 2.79. The van der Waals surface area contributed by atoms with Gasteiger partial charge >= 0.3 is 0 Å². The highest BCUT2D eigenvalue weighted by Crippen LogP contribution is 2.20. The zero-order valence-corrected chi connectivity index (χ0v) is 10.8. The number of anilines is 2. The smallest absolute Gasteiger partial charge is 0.239 e. The molecule has 0 fully saturated rings. The van der Waals surface area contributed by atoms with Crippen LogP contribution in [-0.4, -0.2) is 25.5 Å². The van der Waals surface area contributed by atoms with Crippen molar-refractivity contribution in [3.63, 3.8) is 0 Å². The van der Waals surface area contributed by atoms with E-state index in [-0.39, 0.29) is 5.91 Å². The summed E-state index contributed by atoms with van der Waals surface area (Å²) in [7, 11) is 0. The van der Waals surface area contributed by atoms with Gasteiger partial charge in [0.25, 0.3) is 0 Å². The number of likely N-dealkylation sites (N-methyl/N-ethyl adjacent to an activating group) is 2. The summed E-state index contributed by atoms with van der Waals surface area (Å²) in [5.74, 6) is 0.0356. The molecule has 1 amide bonds. The summed E-state index contributed by atoms with van der Waals surface area (Å²) in [6, 6.07) is 5.89. The molecule has 0 atom stereocenters. The monoisotopic (exact) mass is 235 g/mol. The van der Waals surface area contributed by atoms with Crippen LogP contribution in [0, 0.1) is 6.92 Å². The Kier molecular flexibility index (Phi) is 4.82. The fraction of sp³-hybridized carbons (Fsp3) is 0.462. The van der Waals surface area contributed by atoms with Crippen molar-refractivity contribution in [3.05, 3.63) is 23.8 Å². The Morgan fingerprint density at radius 2 is 2.12 bits per heavy atom. The van der Waals surface area contributed by atoms with Gasteiger partial charge in [0.1, 0.15) is 0 Å². The van der Waals surface area contributed by atoms with Gasteiger partial charge in [-0.25, -0.2) is 0 Å². The van der Waals surface area contributed by atoms with E-state index in [1.807, 2.05) is 43.9 Å². The van der Waals surface area contributed by atoms with Gasteiger partial charge in [0.2, 0.25) is 5.91 Å². The number of carbonyl (C=O) groups is 1. The highest BCUT2D eigenvalue weighted by Gasteiger charge is 2.09. The highest BCUT2D eigenvalue weighted by atomic mass is 16.2. The fourth-order valence-corrected chi connectivity index (χ4v) is 1.64. The molecular weight excluding hydrogens is 214 g/mol. The number of nitrogens with two attached hydrogens (primary N) is 1. The average molecular weight is 235 g/mol. The van der Waals surface area contributed by atoms with Crippen molar-refractivity contribution in [1.29, 1.82) is 0 Å². The summed E-state index contributed by atoms with van der Waals surface area (Å²) >= 11 is 0. The average Bonchev–Trinajstić information content (AvgIpc) is 2.30. The van der Waals surface area contributed by atoms with Crippen LogP contribution in [0.15, 0.2) is 18.2 Å². The lowest BCUT2D eigenvalue weighted by atomic mass is 10.1. The van der Waals surface area contributed by atoms with Crippen molar-refractivity contribution >= 4 is 17.3 Å². The molecule has 0 spiro atoms. The van der Waals surface area contributed by atoms with Crippen molar-refractivity contribution in [2.45, 2.75) is 20.8 Å². The largest absolute Gasteiger partial charge is 0.398 e. The zero-order valence-electron chi connectivity index (χ0n) is 10.8. The molecule has 1 rings (SSSR count). The van der Waals surface area contributed by atoms with E-state index in [0.717, 1.165) is 23.5 Å². The molecule has 0 bridgehead atoms. The number of hydrogen-bond donors (Lipinski definition) is 2. The minimum atomic E-state index is 0.0356. The van der Waals surface area contributed by atoms with Gasteiger partial charge in [0.15, 0.2) is 0 Å². The standard InChI is InChI=1S/C13H21N3O/c1-4-15-13(17)9-16(5-2)11-7-6-10(3)12(14)8-11/h6-8H,4-5,9,14H2,1-3H3,(H,15,17). The van der Waals surface area contributed by atoms with Crippen molar-refractivity contribution < 1.29 is 4.79 Å². The van der Waals surface area contributed by atoms with Crippen molar-refractivity contribution in [2.75, 3.05) is 30.3 Å². The van der Waals surface area contributed by atoms with Gasteiger partial charge in [-0.2, -0.15) is 0 Å². The SMILES string of the molecule is CCNC(=O)CN(CC)c1ccc(C)c(N)c1. The van der Waals surface area contributed by atoms with Crippen LogP contribution < -0.4 is 16.0 Å². The molecule has 0 aliphatic rings. The third kappa shape index (κ3) is 3.66. The van der Waals surface area contributed by atoms with E-state index in [9.17, 15) is 4.79 Å². The molecule has 0 heterocycles. The van der Waals surface area contributed by atoms with Crippen molar-refractivity contribution in [1.82, 2.24) is 5.32 Å². The van der Waals surface area contributed by atoms with E-state index in [1.54, 1.807) is 0 Å². The molecule has 4 heteroatoms. The first-order chi connectivity index (χ1) is 8.08. The molecular formula is C13H21N3O. The number of aryl methyl sites for hydroxylation is 1. The molecule has 4 nitrogen and oxygen atoms in total. The summed E-state index contributed by atoms with van der Waals surface area (Å²) in [4.78, 5) is 13.6. The van der Waals surface area contributed by atoms with E-state index in [4.69, 9.17) is 5.73 Å². The summed E-state index contributed by atoms with van der Waals surface area (Å²) in [6.07, 6.45) is 0. The Morgan fingerprint density at radius 3 is 2.65 bits per heavy atom. The maximum atomic E-state index is 11.6. The molecule has 0 unspecified atom stereocenters. The number of hydrogen-bond acceptors (Lipinski definition) is 3. The van der Waals surface area contributed by atoms with Crippen LogP contribution >= 0.6 is 0 Å². The molecule has 0 saturated carbocycles. The van der Waals surface area contributed by atoms with Crippen LogP contribution in [0.25, 0.3) is 0 Å². The number of nitrogen functional groups attached to an aromatic ring is 1. The van der Waals surface area contributed by atoms with Gasteiger partial charge in [-0.05, 0) is 38.5 Å². The number of nitrogens with zero attached hydrogens (tertiary/aromatic N) is 1. The number of nitrogens with one attached hydrogen (secondary N) is 1. The Balaban J connectivity index is 2.79. The van der Waals surface area contributed by atoms with Crippen molar-refractivity contribution in [3.8, 4) is 0 Å². The highest BCUT2D eigenvalue weighted by molar-refractivity contribution is 5.81. The second-order valence-electron chi connectivity index (χ2n) is 4.01. The van der Waals surface area contributed by atoms with Crippen LogP contribution in [0.2, 0.25) is 0 Å². The Labute approximate surface area is 103 Å².